The lowest BCUT2D eigenvalue weighted by Gasteiger charge is -2.20. The molecule has 1 saturated heterocycles. The van der Waals surface area contributed by atoms with Gasteiger partial charge in [-0.15, -0.1) is 0 Å². The average molecular weight is 404 g/mol. The maximum absolute atomic E-state index is 10.1. The van der Waals surface area contributed by atoms with E-state index in [4.69, 9.17) is 16.3 Å². The first kappa shape index (κ1) is 20.1. The smallest absolute Gasteiger partial charge is 0.191 e. The molecule has 0 spiro atoms. The highest BCUT2D eigenvalue weighted by Crippen LogP contribution is 2.26. The van der Waals surface area contributed by atoms with Gasteiger partial charge in [0.05, 0.1) is 12.1 Å². The van der Waals surface area contributed by atoms with Crippen molar-refractivity contribution in [1.29, 1.82) is 0 Å². The second-order valence-electron chi connectivity index (χ2n) is 6.63. The van der Waals surface area contributed by atoms with Gasteiger partial charge in [0.2, 0.25) is 0 Å². The topological polar surface area (TPSA) is 82.0 Å². The molecule has 0 bridgehead atoms. The highest BCUT2D eigenvalue weighted by molar-refractivity contribution is 6.32. The van der Waals surface area contributed by atoms with Crippen molar-refractivity contribution in [3.05, 3.63) is 47.1 Å². The largest absolute Gasteiger partial charge is 0.508 e. The molecule has 1 aromatic heterocycles. The minimum absolute atomic E-state index is 0.239. The number of aromatic nitrogens is 1. The number of nitrogens with one attached hydrogen (secondary N) is 2. The minimum atomic E-state index is 0.239. The first-order valence-corrected chi connectivity index (χ1v) is 9.67. The predicted molar refractivity (Wildman–Crippen MR) is 113 cm³/mol. The van der Waals surface area contributed by atoms with Gasteiger partial charge in [0.15, 0.2) is 5.96 Å². The summed E-state index contributed by atoms with van der Waals surface area (Å²) in [4.78, 5) is 10.9. The van der Waals surface area contributed by atoms with Crippen LogP contribution in [0.15, 0.2) is 41.5 Å². The van der Waals surface area contributed by atoms with E-state index < -0.39 is 0 Å². The Hall–Kier alpha value is -2.67. The van der Waals surface area contributed by atoms with E-state index in [0.717, 1.165) is 36.9 Å². The van der Waals surface area contributed by atoms with Crippen LogP contribution in [-0.2, 0) is 6.42 Å². The molecule has 150 valence electrons. The molecule has 1 atom stereocenters. The van der Waals surface area contributed by atoms with Crippen molar-refractivity contribution in [1.82, 2.24) is 15.6 Å². The third-order valence-electron chi connectivity index (χ3n) is 4.77. The Labute approximate surface area is 170 Å². The Bertz CT molecular complexity index is 830. The molecule has 0 saturated carbocycles. The van der Waals surface area contributed by atoms with Crippen LogP contribution >= 0.6 is 11.6 Å². The number of methoxy groups -OCH3 is 1. The van der Waals surface area contributed by atoms with Crippen molar-refractivity contribution in [3.8, 4) is 11.5 Å². The van der Waals surface area contributed by atoms with Crippen molar-refractivity contribution in [2.24, 2.45) is 4.99 Å². The van der Waals surface area contributed by atoms with Crippen LogP contribution in [0, 0.1) is 0 Å². The van der Waals surface area contributed by atoms with Crippen LogP contribution in [0.5, 0.6) is 11.5 Å². The molecule has 3 N–H and O–H groups in total. The number of pyridine rings is 1. The van der Waals surface area contributed by atoms with E-state index in [1.807, 2.05) is 24.3 Å². The van der Waals surface area contributed by atoms with Crippen LogP contribution in [0.4, 0.5) is 5.82 Å². The third-order valence-corrected chi connectivity index (χ3v) is 5.07. The Balaban J connectivity index is 1.48. The quantitative estimate of drug-likeness (QED) is 0.507. The summed E-state index contributed by atoms with van der Waals surface area (Å²) in [5, 5.41) is 17.5. The van der Waals surface area contributed by atoms with Gasteiger partial charge in [-0.05, 0) is 36.6 Å². The second kappa shape index (κ2) is 9.50. The fourth-order valence-corrected chi connectivity index (χ4v) is 3.51. The summed E-state index contributed by atoms with van der Waals surface area (Å²) >= 11 is 6.25. The van der Waals surface area contributed by atoms with Gasteiger partial charge in [-0.3, -0.25) is 4.99 Å². The molecule has 1 aliphatic rings. The molecule has 1 aromatic carbocycles. The van der Waals surface area contributed by atoms with Crippen molar-refractivity contribution in [2.45, 2.75) is 18.9 Å². The summed E-state index contributed by atoms with van der Waals surface area (Å²) < 4.78 is 5.11. The molecule has 0 aliphatic carbocycles. The number of anilines is 1. The SMILES string of the molecule is CN=C(NCCc1ccc(OC)cc1O)NC1CCN(c2ncccc2Cl)C1. The third kappa shape index (κ3) is 4.98. The number of phenols is 1. The minimum Gasteiger partial charge on any atom is -0.508 e. The van der Waals surface area contributed by atoms with Crippen LogP contribution in [-0.4, -0.2) is 55.9 Å². The molecule has 2 heterocycles. The number of nitrogens with zero attached hydrogens (tertiary/aromatic N) is 3. The van der Waals surface area contributed by atoms with Crippen molar-refractivity contribution in [2.75, 3.05) is 38.7 Å². The molecular weight excluding hydrogens is 378 g/mol. The normalized spacial score (nSPS) is 16.9. The predicted octanol–water partition coefficient (Wildman–Crippen LogP) is 2.44. The highest BCUT2D eigenvalue weighted by Gasteiger charge is 2.25. The Morgan fingerprint density at radius 3 is 3.00 bits per heavy atom. The fraction of sp³-hybridized carbons (Fsp3) is 0.400. The lowest BCUT2D eigenvalue weighted by molar-refractivity contribution is 0.406. The molecule has 7 nitrogen and oxygen atoms in total. The van der Waals surface area contributed by atoms with Gasteiger partial charge in [0.1, 0.15) is 17.3 Å². The summed E-state index contributed by atoms with van der Waals surface area (Å²) in [6.45, 7) is 2.36. The summed E-state index contributed by atoms with van der Waals surface area (Å²) in [6.07, 6.45) is 3.42. The zero-order chi connectivity index (χ0) is 19.9. The van der Waals surface area contributed by atoms with Crippen LogP contribution in [0.3, 0.4) is 0 Å². The fourth-order valence-electron chi connectivity index (χ4n) is 3.27. The molecule has 1 unspecified atom stereocenters. The van der Waals surface area contributed by atoms with Gasteiger partial charge in [0.25, 0.3) is 0 Å². The van der Waals surface area contributed by atoms with E-state index in [2.05, 4.69) is 25.5 Å². The maximum atomic E-state index is 10.1. The van der Waals surface area contributed by atoms with E-state index in [1.54, 1.807) is 26.4 Å². The number of guanidine groups is 1. The number of hydrogen-bond donors (Lipinski definition) is 3. The number of halogens is 1. The van der Waals surface area contributed by atoms with Gasteiger partial charge >= 0.3 is 0 Å². The van der Waals surface area contributed by atoms with Crippen LogP contribution in [0.25, 0.3) is 0 Å². The van der Waals surface area contributed by atoms with Gasteiger partial charge in [-0.1, -0.05) is 17.7 Å². The van der Waals surface area contributed by atoms with Crippen LogP contribution < -0.4 is 20.3 Å². The van der Waals surface area contributed by atoms with E-state index in [0.29, 0.717) is 23.7 Å². The van der Waals surface area contributed by atoms with Gasteiger partial charge < -0.3 is 25.4 Å². The molecule has 0 radical (unpaired) electrons. The van der Waals surface area contributed by atoms with Crippen molar-refractivity contribution >= 4 is 23.4 Å². The summed E-state index contributed by atoms with van der Waals surface area (Å²) in [5.74, 6) is 2.45. The lowest BCUT2D eigenvalue weighted by atomic mass is 10.1. The number of aliphatic imine (C=N–C) groups is 1. The molecular formula is C20H26ClN5O2. The molecule has 2 aromatic rings. The Morgan fingerprint density at radius 1 is 1.43 bits per heavy atom. The van der Waals surface area contributed by atoms with Crippen LogP contribution in [0.2, 0.25) is 5.02 Å². The molecule has 0 amide bonds. The molecule has 28 heavy (non-hydrogen) atoms. The van der Waals surface area contributed by atoms with Gasteiger partial charge in [0, 0.05) is 45.0 Å². The average Bonchev–Trinajstić information content (AvgIpc) is 3.16. The highest BCUT2D eigenvalue weighted by atomic mass is 35.5. The second-order valence-corrected chi connectivity index (χ2v) is 7.04. The summed E-state index contributed by atoms with van der Waals surface area (Å²) in [6, 6.07) is 9.30. The van der Waals surface area contributed by atoms with Gasteiger partial charge in [-0.2, -0.15) is 0 Å². The molecule has 8 heteroatoms. The lowest BCUT2D eigenvalue weighted by Crippen LogP contribution is -2.45. The number of phenolic OH excluding ortho intramolecular Hbond substituents is 1. The monoisotopic (exact) mass is 403 g/mol. The van der Waals surface area contributed by atoms with E-state index in [1.165, 1.54) is 0 Å². The first-order valence-electron chi connectivity index (χ1n) is 9.29. The number of aromatic hydroxyl groups is 1. The standard InChI is InChI=1S/C20H26ClN5O2/c1-22-20(24-10-7-14-5-6-16(28-2)12-18(14)27)25-15-8-11-26(13-15)19-17(21)4-3-9-23-19/h3-6,9,12,15,27H,7-8,10-11,13H2,1-2H3,(H2,22,24,25). The number of rotatable bonds is 6. The number of benzene rings is 1. The maximum Gasteiger partial charge on any atom is 0.191 e. The van der Waals surface area contributed by atoms with E-state index in [9.17, 15) is 5.11 Å². The van der Waals surface area contributed by atoms with E-state index in [-0.39, 0.29) is 11.8 Å². The van der Waals surface area contributed by atoms with Crippen molar-refractivity contribution < 1.29 is 9.84 Å². The zero-order valence-electron chi connectivity index (χ0n) is 16.2. The Kier molecular flexibility index (Phi) is 6.81. The first-order chi connectivity index (χ1) is 13.6. The van der Waals surface area contributed by atoms with E-state index >= 15 is 0 Å². The van der Waals surface area contributed by atoms with Gasteiger partial charge in [-0.25, -0.2) is 4.98 Å². The van der Waals surface area contributed by atoms with Crippen molar-refractivity contribution in [3.63, 3.8) is 0 Å². The van der Waals surface area contributed by atoms with Crippen LogP contribution in [0.1, 0.15) is 12.0 Å². The number of hydrogen-bond acceptors (Lipinski definition) is 5. The Morgan fingerprint density at radius 2 is 2.29 bits per heavy atom. The number of ether oxygens (including phenoxy) is 1. The zero-order valence-corrected chi connectivity index (χ0v) is 16.9. The summed E-state index contributed by atoms with van der Waals surface area (Å²) in [7, 11) is 3.33. The molecule has 1 aliphatic heterocycles. The molecule has 1 fully saturated rings. The molecule has 3 rings (SSSR count). The summed E-state index contributed by atoms with van der Waals surface area (Å²) in [5.41, 5.74) is 0.862.